The van der Waals surface area contributed by atoms with Gasteiger partial charge in [0.2, 0.25) is 0 Å². The number of likely N-dealkylation sites (N-methyl/N-ethyl adjacent to an activating group) is 1. The lowest BCUT2D eigenvalue weighted by atomic mass is 10.0. The Morgan fingerprint density at radius 3 is 2.67 bits per heavy atom. The number of fused-ring (bicyclic) bond motifs is 1. The Bertz CT molecular complexity index is 1070. The van der Waals surface area contributed by atoms with E-state index in [0.29, 0.717) is 13.1 Å². The Labute approximate surface area is 196 Å². The van der Waals surface area contributed by atoms with Gasteiger partial charge < -0.3 is 9.64 Å². The van der Waals surface area contributed by atoms with Crippen LogP contribution in [0.4, 0.5) is 4.79 Å². The highest BCUT2D eigenvalue weighted by Crippen LogP contribution is 2.23. The lowest BCUT2D eigenvalue weighted by Gasteiger charge is -2.38. The monoisotopic (exact) mass is 455 g/mol. The highest BCUT2D eigenvalue weighted by molar-refractivity contribution is 5.68. The number of aryl methyl sites for hydroxylation is 1. The molecule has 1 saturated heterocycles. The lowest BCUT2D eigenvalue weighted by molar-refractivity contribution is 0.0120. The number of aromatic nitrogens is 5. The first-order valence-electron chi connectivity index (χ1n) is 11.7. The van der Waals surface area contributed by atoms with Gasteiger partial charge in [0.25, 0.3) is 0 Å². The number of rotatable bonds is 4. The third-order valence-electron chi connectivity index (χ3n) is 5.54. The second-order valence-corrected chi connectivity index (χ2v) is 9.27. The average molecular weight is 456 g/mol. The van der Waals surface area contributed by atoms with Crippen molar-refractivity contribution < 1.29 is 9.53 Å². The third-order valence-corrected chi connectivity index (χ3v) is 5.54. The topological polar surface area (TPSA) is 80.8 Å². The smallest absolute Gasteiger partial charge is 0.410 e. The molecule has 180 valence electrons. The first-order chi connectivity index (χ1) is 15.7. The molecule has 3 aromatic heterocycles. The van der Waals surface area contributed by atoms with Gasteiger partial charge in [0.05, 0.1) is 35.5 Å². The van der Waals surface area contributed by atoms with Crippen molar-refractivity contribution in [2.75, 3.05) is 20.1 Å². The zero-order valence-electron chi connectivity index (χ0n) is 20.9. The van der Waals surface area contributed by atoms with E-state index in [4.69, 9.17) is 9.72 Å². The number of carbonyl (C=O) groups is 1. The van der Waals surface area contributed by atoms with Crippen molar-refractivity contribution in [1.82, 2.24) is 34.2 Å². The summed E-state index contributed by atoms with van der Waals surface area (Å²) in [5.41, 5.74) is 3.25. The maximum absolute atomic E-state index is 12.5. The van der Waals surface area contributed by atoms with E-state index in [1.807, 2.05) is 75.7 Å². The molecule has 0 aromatic carbocycles. The predicted molar refractivity (Wildman–Crippen MR) is 129 cm³/mol. The molecule has 1 amide bonds. The van der Waals surface area contributed by atoms with Gasteiger partial charge in [-0.05, 0) is 46.7 Å². The summed E-state index contributed by atoms with van der Waals surface area (Å²) in [7, 11) is 3.98. The Kier molecular flexibility index (Phi) is 7.73. The van der Waals surface area contributed by atoms with Gasteiger partial charge in [0, 0.05) is 44.5 Å². The van der Waals surface area contributed by atoms with Crippen LogP contribution in [-0.4, -0.2) is 72.1 Å². The molecular formula is C24H37N7O2. The van der Waals surface area contributed by atoms with E-state index in [1.165, 1.54) is 0 Å². The Morgan fingerprint density at radius 2 is 2.00 bits per heavy atom. The molecule has 4 heterocycles. The number of amides is 1. The Morgan fingerprint density at radius 1 is 1.24 bits per heavy atom. The molecule has 0 radical (unpaired) electrons. The van der Waals surface area contributed by atoms with Crippen LogP contribution in [0.25, 0.3) is 16.8 Å². The molecule has 0 N–H and O–H groups in total. The highest BCUT2D eigenvalue weighted by Gasteiger charge is 2.29. The van der Waals surface area contributed by atoms with Gasteiger partial charge >= 0.3 is 6.09 Å². The number of ether oxygens (including phenoxy) is 1. The van der Waals surface area contributed by atoms with E-state index in [-0.39, 0.29) is 12.1 Å². The molecule has 1 atom stereocenters. The molecule has 0 spiro atoms. The molecule has 0 bridgehead atoms. The van der Waals surface area contributed by atoms with Gasteiger partial charge in [0.15, 0.2) is 0 Å². The van der Waals surface area contributed by atoms with Crippen LogP contribution in [0, 0.1) is 0 Å². The molecule has 0 aliphatic carbocycles. The van der Waals surface area contributed by atoms with Crippen LogP contribution in [0.1, 0.15) is 53.2 Å². The van der Waals surface area contributed by atoms with E-state index in [9.17, 15) is 4.79 Å². The largest absolute Gasteiger partial charge is 0.444 e. The van der Waals surface area contributed by atoms with Crippen LogP contribution >= 0.6 is 0 Å². The summed E-state index contributed by atoms with van der Waals surface area (Å²) >= 11 is 0. The highest BCUT2D eigenvalue weighted by atomic mass is 16.6. The maximum Gasteiger partial charge on any atom is 0.410 e. The van der Waals surface area contributed by atoms with Crippen molar-refractivity contribution in [1.29, 1.82) is 0 Å². The first-order valence-corrected chi connectivity index (χ1v) is 11.7. The maximum atomic E-state index is 12.5. The quantitative estimate of drug-likeness (QED) is 0.592. The molecular weight excluding hydrogens is 418 g/mol. The molecule has 3 aromatic rings. The van der Waals surface area contributed by atoms with Gasteiger partial charge in [-0.2, -0.15) is 10.2 Å². The summed E-state index contributed by atoms with van der Waals surface area (Å²) in [5.74, 6) is 0. The van der Waals surface area contributed by atoms with Gasteiger partial charge in [-0.1, -0.05) is 13.8 Å². The normalized spacial score (nSPS) is 16.6. The van der Waals surface area contributed by atoms with Crippen molar-refractivity contribution in [3.63, 3.8) is 0 Å². The van der Waals surface area contributed by atoms with Gasteiger partial charge in [-0.15, -0.1) is 0 Å². The summed E-state index contributed by atoms with van der Waals surface area (Å²) in [6.07, 6.45) is 9.24. The van der Waals surface area contributed by atoms with E-state index in [0.717, 1.165) is 41.9 Å². The second-order valence-electron chi connectivity index (χ2n) is 9.27. The van der Waals surface area contributed by atoms with Crippen LogP contribution < -0.4 is 0 Å². The van der Waals surface area contributed by atoms with Crippen molar-refractivity contribution in [2.24, 2.45) is 7.05 Å². The molecule has 9 nitrogen and oxygen atoms in total. The summed E-state index contributed by atoms with van der Waals surface area (Å²) in [6, 6.07) is 2.23. The van der Waals surface area contributed by atoms with Crippen LogP contribution in [0.3, 0.4) is 0 Å². The minimum Gasteiger partial charge on any atom is -0.444 e. The number of piperidine rings is 1. The second kappa shape index (κ2) is 10.3. The number of carbonyl (C=O) groups excluding carboxylic acids is 1. The minimum atomic E-state index is -0.486. The predicted octanol–water partition coefficient (Wildman–Crippen LogP) is 3.99. The average Bonchev–Trinajstić information content (AvgIpc) is 3.43. The fourth-order valence-corrected chi connectivity index (χ4v) is 3.97. The Balaban J connectivity index is 0.00000149. The SMILES string of the molecule is CC.CN(Cc1nc(-c2cnn(C)c2)cn2nccc12)C1CCCN(C(=O)OC(C)(C)C)C1. The van der Waals surface area contributed by atoms with E-state index >= 15 is 0 Å². The van der Waals surface area contributed by atoms with Crippen molar-refractivity contribution in [3.8, 4) is 11.3 Å². The van der Waals surface area contributed by atoms with Crippen LogP contribution in [-0.2, 0) is 18.3 Å². The van der Waals surface area contributed by atoms with E-state index < -0.39 is 5.60 Å². The minimum absolute atomic E-state index is 0.236. The molecule has 1 unspecified atom stereocenters. The Hall–Kier alpha value is -2.94. The first kappa shape index (κ1) is 24.7. The lowest BCUT2D eigenvalue weighted by Crippen LogP contribution is -2.49. The molecule has 1 aliphatic rings. The van der Waals surface area contributed by atoms with Crippen molar-refractivity contribution >= 4 is 11.6 Å². The number of hydrogen-bond donors (Lipinski definition) is 0. The fraction of sp³-hybridized carbons (Fsp3) is 0.583. The summed E-state index contributed by atoms with van der Waals surface area (Å²) in [4.78, 5) is 21.6. The number of nitrogens with zero attached hydrogens (tertiary/aromatic N) is 7. The number of hydrogen-bond acceptors (Lipinski definition) is 6. The van der Waals surface area contributed by atoms with E-state index in [2.05, 4.69) is 22.1 Å². The van der Waals surface area contributed by atoms with Crippen LogP contribution in [0.2, 0.25) is 0 Å². The molecule has 33 heavy (non-hydrogen) atoms. The molecule has 1 fully saturated rings. The molecule has 9 heteroatoms. The standard InChI is InChI=1S/C22H31N7O2.C2H6/c1-22(2,3)31-21(30)28-10-6-7-17(13-28)26(4)14-19-20-8-9-23-29(20)15-18(25-19)16-11-24-27(5)12-16;1-2/h8-9,11-12,15,17H,6-7,10,13-14H2,1-5H3;1-2H3. The van der Waals surface area contributed by atoms with Gasteiger partial charge in [-0.25, -0.2) is 14.3 Å². The van der Waals surface area contributed by atoms with Gasteiger partial charge in [-0.3, -0.25) is 9.58 Å². The van der Waals surface area contributed by atoms with Crippen LogP contribution in [0.5, 0.6) is 0 Å². The van der Waals surface area contributed by atoms with Crippen LogP contribution in [0.15, 0.2) is 30.9 Å². The zero-order chi connectivity index (χ0) is 24.2. The molecule has 1 aliphatic heterocycles. The fourth-order valence-electron chi connectivity index (χ4n) is 3.97. The summed E-state index contributed by atoms with van der Waals surface area (Å²) < 4.78 is 9.21. The van der Waals surface area contributed by atoms with Gasteiger partial charge in [0.1, 0.15) is 5.60 Å². The molecule has 4 rings (SSSR count). The summed E-state index contributed by atoms with van der Waals surface area (Å²) in [6.45, 7) is 11.8. The zero-order valence-corrected chi connectivity index (χ0v) is 20.9. The molecule has 0 saturated carbocycles. The third kappa shape index (κ3) is 6.10. The van der Waals surface area contributed by atoms with Crippen molar-refractivity contribution in [3.05, 3.63) is 36.5 Å². The number of likely N-dealkylation sites (tertiary alicyclic amines) is 1. The van der Waals surface area contributed by atoms with E-state index in [1.54, 1.807) is 10.9 Å². The van der Waals surface area contributed by atoms with Crippen molar-refractivity contribution in [2.45, 2.75) is 65.6 Å². The summed E-state index contributed by atoms with van der Waals surface area (Å²) in [5, 5.41) is 8.69.